The molecule has 0 bridgehead atoms. The lowest BCUT2D eigenvalue weighted by Crippen LogP contribution is -2.65. The summed E-state index contributed by atoms with van der Waals surface area (Å²) in [5.41, 5.74) is -2.19. The van der Waals surface area contributed by atoms with Crippen LogP contribution in [0.1, 0.15) is 48.0 Å². The van der Waals surface area contributed by atoms with Crippen molar-refractivity contribution < 1.29 is 14.4 Å². The highest BCUT2D eigenvalue weighted by Crippen LogP contribution is 2.40. The van der Waals surface area contributed by atoms with E-state index in [9.17, 15) is 14.4 Å². The van der Waals surface area contributed by atoms with Crippen molar-refractivity contribution in [2.24, 2.45) is 10.8 Å². The molecule has 4 nitrogen and oxygen atoms in total. The summed E-state index contributed by atoms with van der Waals surface area (Å²) in [5.74, 6) is -0.821. The van der Waals surface area contributed by atoms with Gasteiger partial charge in [-0.2, -0.15) is 0 Å². The maximum absolute atomic E-state index is 12.5. The van der Waals surface area contributed by atoms with Crippen molar-refractivity contribution in [3.63, 3.8) is 0 Å². The van der Waals surface area contributed by atoms with Crippen LogP contribution in [0.4, 0.5) is 0 Å². The van der Waals surface area contributed by atoms with Crippen LogP contribution in [0.2, 0.25) is 0 Å². The minimum Gasteiger partial charge on any atom is -0.297 e. The van der Waals surface area contributed by atoms with E-state index in [0.717, 1.165) is 6.42 Å². The lowest BCUT2D eigenvalue weighted by molar-refractivity contribution is -0.161. The van der Waals surface area contributed by atoms with Crippen LogP contribution in [0.15, 0.2) is 0 Å². The SMILES string of the molecule is CCC(C)N(C)C1C(=O)C(C)(C)C(=O)C(C)(C)C1=O. The van der Waals surface area contributed by atoms with E-state index in [1.165, 1.54) is 0 Å². The normalized spacial score (nSPS) is 24.9. The van der Waals surface area contributed by atoms with Gasteiger partial charge in [0.1, 0.15) is 6.04 Å². The van der Waals surface area contributed by atoms with E-state index >= 15 is 0 Å². The molecule has 0 N–H and O–H groups in total. The third-order valence-electron chi connectivity index (χ3n) is 4.56. The number of carbonyl (C=O) groups is 3. The topological polar surface area (TPSA) is 54.5 Å². The predicted molar refractivity (Wildman–Crippen MR) is 73.9 cm³/mol. The van der Waals surface area contributed by atoms with Gasteiger partial charge in [-0.15, -0.1) is 0 Å². The fourth-order valence-electron chi connectivity index (χ4n) is 2.72. The van der Waals surface area contributed by atoms with Gasteiger partial charge in [-0.1, -0.05) is 6.92 Å². The van der Waals surface area contributed by atoms with Crippen LogP contribution in [0.25, 0.3) is 0 Å². The standard InChI is InChI=1S/C15H25NO3/c1-8-9(2)16(7)10-11(17)14(3,4)13(19)15(5,6)12(10)18/h9-10H,8H2,1-7H3. The predicted octanol–water partition coefficient (Wildman–Crippen LogP) is 1.86. The summed E-state index contributed by atoms with van der Waals surface area (Å²) in [4.78, 5) is 39.2. The zero-order valence-corrected chi connectivity index (χ0v) is 13.0. The Morgan fingerprint density at radius 1 is 1.05 bits per heavy atom. The number of carbonyl (C=O) groups excluding carboxylic acids is 3. The molecule has 1 aliphatic carbocycles. The maximum Gasteiger partial charge on any atom is 0.170 e. The minimum atomic E-state index is -1.09. The summed E-state index contributed by atoms with van der Waals surface area (Å²) in [6.07, 6.45) is 0.850. The van der Waals surface area contributed by atoms with Gasteiger partial charge in [0.2, 0.25) is 0 Å². The Bertz CT molecular complexity index is 393. The quantitative estimate of drug-likeness (QED) is 0.732. The van der Waals surface area contributed by atoms with Gasteiger partial charge in [0.05, 0.1) is 10.8 Å². The number of Topliss-reactive ketones (excluding diaryl/α,β-unsaturated/α-hetero) is 3. The molecule has 19 heavy (non-hydrogen) atoms. The lowest BCUT2D eigenvalue weighted by atomic mass is 9.60. The first-order valence-corrected chi connectivity index (χ1v) is 6.85. The molecule has 0 radical (unpaired) electrons. The maximum atomic E-state index is 12.5. The second kappa shape index (κ2) is 4.82. The molecule has 0 aromatic rings. The second-order valence-electron chi connectivity index (χ2n) is 6.63. The highest BCUT2D eigenvalue weighted by Gasteiger charge is 2.59. The molecule has 0 aromatic carbocycles. The molecule has 0 amide bonds. The molecule has 1 rings (SSSR count). The van der Waals surface area contributed by atoms with Crippen molar-refractivity contribution in [2.45, 2.75) is 60.0 Å². The van der Waals surface area contributed by atoms with Crippen LogP contribution in [-0.2, 0) is 14.4 Å². The largest absolute Gasteiger partial charge is 0.297 e. The Kier molecular flexibility index (Phi) is 4.06. The average molecular weight is 267 g/mol. The van der Waals surface area contributed by atoms with Gasteiger partial charge >= 0.3 is 0 Å². The summed E-state index contributed by atoms with van der Waals surface area (Å²) in [7, 11) is 1.79. The van der Waals surface area contributed by atoms with Crippen molar-refractivity contribution in [1.82, 2.24) is 4.90 Å². The van der Waals surface area contributed by atoms with E-state index in [-0.39, 0.29) is 23.4 Å². The Hall–Kier alpha value is -1.03. The number of likely N-dealkylation sites (N-methyl/N-ethyl adjacent to an activating group) is 1. The average Bonchev–Trinajstić information content (AvgIpc) is 2.34. The molecule has 1 saturated carbocycles. The van der Waals surface area contributed by atoms with Gasteiger partial charge < -0.3 is 0 Å². The number of ketones is 3. The zero-order chi connectivity index (χ0) is 15.2. The first kappa shape index (κ1) is 16.0. The number of nitrogens with zero attached hydrogens (tertiary/aromatic N) is 1. The van der Waals surface area contributed by atoms with E-state index in [2.05, 4.69) is 0 Å². The lowest BCUT2D eigenvalue weighted by Gasteiger charge is -2.44. The van der Waals surface area contributed by atoms with E-state index in [4.69, 9.17) is 0 Å². The van der Waals surface area contributed by atoms with Gasteiger partial charge in [0.15, 0.2) is 17.3 Å². The Balaban J connectivity index is 3.29. The second-order valence-corrected chi connectivity index (χ2v) is 6.63. The van der Waals surface area contributed by atoms with Crippen LogP contribution in [0.3, 0.4) is 0 Å². The minimum absolute atomic E-state index is 0.123. The molecular weight excluding hydrogens is 242 g/mol. The number of rotatable bonds is 3. The van der Waals surface area contributed by atoms with Gasteiger partial charge in [-0.3, -0.25) is 19.3 Å². The first-order chi connectivity index (χ1) is 8.49. The van der Waals surface area contributed by atoms with Crippen LogP contribution in [0, 0.1) is 10.8 Å². The molecule has 1 atom stereocenters. The molecule has 1 unspecified atom stereocenters. The summed E-state index contributed by atoms with van der Waals surface area (Å²) in [5, 5.41) is 0. The molecule has 1 aliphatic rings. The molecule has 1 fully saturated rings. The smallest absolute Gasteiger partial charge is 0.170 e. The van der Waals surface area contributed by atoms with Crippen molar-refractivity contribution >= 4 is 17.3 Å². The third kappa shape index (κ3) is 2.27. The Morgan fingerprint density at radius 2 is 1.42 bits per heavy atom. The molecular formula is C15H25NO3. The van der Waals surface area contributed by atoms with Crippen LogP contribution in [-0.4, -0.2) is 41.4 Å². The van der Waals surface area contributed by atoms with Gasteiger partial charge in [-0.25, -0.2) is 0 Å². The third-order valence-corrected chi connectivity index (χ3v) is 4.56. The number of hydrogen-bond acceptors (Lipinski definition) is 4. The fraction of sp³-hybridized carbons (Fsp3) is 0.800. The summed E-state index contributed by atoms with van der Waals surface area (Å²) in [6, 6.07) is -0.685. The Morgan fingerprint density at radius 3 is 1.74 bits per heavy atom. The summed E-state index contributed by atoms with van der Waals surface area (Å²) in [6.45, 7) is 10.5. The molecule has 4 heteroatoms. The van der Waals surface area contributed by atoms with Crippen LogP contribution >= 0.6 is 0 Å². The number of hydrogen-bond donors (Lipinski definition) is 0. The monoisotopic (exact) mass is 267 g/mol. The summed E-state index contributed by atoms with van der Waals surface area (Å²) < 4.78 is 0. The zero-order valence-electron chi connectivity index (χ0n) is 13.0. The highest BCUT2D eigenvalue weighted by molar-refractivity contribution is 6.30. The molecule has 0 spiro atoms. The van der Waals surface area contributed by atoms with Crippen molar-refractivity contribution in [2.75, 3.05) is 7.05 Å². The van der Waals surface area contributed by atoms with E-state index in [0.29, 0.717) is 0 Å². The fourth-order valence-corrected chi connectivity index (χ4v) is 2.72. The van der Waals surface area contributed by atoms with E-state index < -0.39 is 16.9 Å². The van der Waals surface area contributed by atoms with Crippen molar-refractivity contribution in [3.05, 3.63) is 0 Å². The van der Waals surface area contributed by atoms with Crippen LogP contribution < -0.4 is 0 Å². The molecule has 108 valence electrons. The van der Waals surface area contributed by atoms with Gasteiger partial charge in [0, 0.05) is 6.04 Å². The van der Waals surface area contributed by atoms with E-state index in [1.807, 2.05) is 13.8 Å². The van der Waals surface area contributed by atoms with Gasteiger partial charge in [-0.05, 0) is 48.1 Å². The van der Waals surface area contributed by atoms with Gasteiger partial charge in [0.25, 0.3) is 0 Å². The van der Waals surface area contributed by atoms with E-state index in [1.54, 1.807) is 39.6 Å². The highest BCUT2D eigenvalue weighted by atomic mass is 16.2. The molecule has 0 aromatic heterocycles. The van der Waals surface area contributed by atoms with Crippen LogP contribution in [0.5, 0.6) is 0 Å². The first-order valence-electron chi connectivity index (χ1n) is 6.85. The van der Waals surface area contributed by atoms with Crippen molar-refractivity contribution in [3.8, 4) is 0 Å². The molecule has 0 aliphatic heterocycles. The van der Waals surface area contributed by atoms with Crippen molar-refractivity contribution in [1.29, 1.82) is 0 Å². The summed E-state index contributed by atoms with van der Waals surface area (Å²) >= 11 is 0. The molecule has 0 saturated heterocycles. The molecule has 0 heterocycles. The Labute approximate surface area is 115 Å².